The summed E-state index contributed by atoms with van der Waals surface area (Å²) in [7, 11) is -4.02. The van der Waals surface area contributed by atoms with Crippen molar-refractivity contribution < 1.29 is 18.2 Å². The highest BCUT2D eigenvalue weighted by molar-refractivity contribution is 9.10. The highest BCUT2D eigenvalue weighted by Crippen LogP contribution is 2.13. The average molecular weight is 429 g/mol. The second-order valence-electron chi connectivity index (χ2n) is 4.65. The molecule has 0 aliphatic carbocycles. The Balaban J connectivity index is 0.000000257. The Morgan fingerprint density at radius 2 is 1.80 bits per heavy atom. The van der Waals surface area contributed by atoms with Crippen LogP contribution < -0.4 is 11.2 Å². The third-order valence-electron chi connectivity index (χ3n) is 2.70. The van der Waals surface area contributed by atoms with Crippen molar-refractivity contribution in [2.45, 2.75) is 11.8 Å². The Labute approximate surface area is 153 Å². The van der Waals surface area contributed by atoms with E-state index in [1.165, 1.54) is 18.3 Å². The lowest BCUT2D eigenvalue weighted by Gasteiger charge is -1.95. The van der Waals surface area contributed by atoms with Gasteiger partial charge in [0, 0.05) is 10.0 Å². The first kappa shape index (κ1) is 20.8. The Bertz CT molecular complexity index is 852. The molecule has 0 fully saturated rings. The van der Waals surface area contributed by atoms with Crippen molar-refractivity contribution in [2.24, 2.45) is 15.9 Å². The third kappa shape index (κ3) is 7.90. The maximum Gasteiger partial charge on any atom is 0.294 e. The van der Waals surface area contributed by atoms with Crippen LogP contribution in [0.3, 0.4) is 0 Å². The molecule has 0 saturated heterocycles. The van der Waals surface area contributed by atoms with Crippen LogP contribution in [0.25, 0.3) is 0 Å². The van der Waals surface area contributed by atoms with Gasteiger partial charge in [-0.15, -0.1) is 5.10 Å². The van der Waals surface area contributed by atoms with Crippen molar-refractivity contribution in [3.63, 3.8) is 0 Å². The molecule has 0 spiro atoms. The minimum absolute atomic E-state index is 0.0666. The molecule has 0 amide bonds. The molecule has 0 bridgehead atoms. The number of rotatable bonds is 3. The van der Waals surface area contributed by atoms with Gasteiger partial charge in [0.05, 0.1) is 11.1 Å². The van der Waals surface area contributed by atoms with Crippen LogP contribution in [0.4, 0.5) is 0 Å². The first-order chi connectivity index (χ1) is 11.7. The Kier molecular flexibility index (Phi) is 8.22. The summed E-state index contributed by atoms with van der Waals surface area (Å²) in [6.07, 6.45) is 1.52. The van der Waals surface area contributed by atoms with Crippen LogP contribution in [0.15, 0.2) is 68.1 Å². The molecular weight excluding hydrogens is 412 g/mol. The average Bonchev–Trinajstić information content (AvgIpc) is 2.56. The van der Waals surface area contributed by atoms with E-state index in [-0.39, 0.29) is 10.9 Å². The van der Waals surface area contributed by atoms with Gasteiger partial charge in [0.2, 0.25) is 5.96 Å². The Morgan fingerprint density at radius 3 is 2.32 bits per heavy atom. The van der Waals surface area contributed by atoms with Gasteiger partial charge in [-0.1, -0.05) is 51.8 Å². The van der Waals surface area contributed by atoms with Gasteiger partial charge in [-0.05, 0) is 25.1 Å². The van der Waals surface area contributed by atoms with E-state index in [9.17, 15) is 8.42 Å². The molecule has 2 aromatic rings. The lowest BCUT2D eigenvalue weighted by molar-refractivity contribution is 0.232. The summed E-state index contributed by atoms with van der Waals surface area (Å²) < 4.78 is 30.5. The summed E-state index contributed by atoms with van der Waals surface area (Å²) in [5, 5.41) is 15.4. The Morgan fingerprint density at radius 1 is 1.20 bits per heavy atom. The van der Waals surface area contributed by atoms with E-state index in [4.69, 9.17) is 15.5 Å². The topological polar surface area (TPSA) is 137 Å². The zero-order valence-electron chi connectivity index (χ0n) is 13.2. The van der Waals surface area contributed by atoms with Crippen molar-refractivity contribution in [1.82, 2.24) is 5.48 Å². The maximum absolute atomic E-state index is 10.5. The number of nitrogens with zero attached hydrogens (tertiary/aromatic N) is 2. The molecule has 0 saturated carbocycles. The van der Waals surface area contributed by atoms with E-state index in [2.05, 4.69) is 26.1 Å². The fraction of sp³-hybridized carbons (Fsp3) is 0.0667. The van der Waals surface area contributed by atoms with Crippen LogP contribution in [0.1, 0.15) is 11.1 Å². The van der Waals surface area contributed by atoms with E-state index in [1.54, 1.807) is 17.6 Å². The number of guanidine groups is 1. The molecule has 2 aromatic carbocycles. The normalized spacial score (nSPS) is 11.8. The molecule has 0 atom stereocenters. The van der Waals surface area contributed by atoms with Gasteiger partial charge in [-0.25, -0.2) is 5.48 Å². The van der Waals surface area contributed by atoms with Crippen molar-refractivity contribution >= 4 is 38.2 Å². The lowest BCUT2D eigenvalue weighted by Crippen LogP contribution is -2.27. The van der Waals surface area contributed by atoms with Gasteiger partial charge in [-0.3, -0.25) is 9.76 Å². The predicted octanol–water partition coefficient (Wildman–Crippen LogP) is 2.32. The molecule has 134 valence electrons. The number of hydrogen-bond acceptors (Lipinski definition) is 5. The second kappa shape index (κ2) is 9.89. The number of hydrogen-bond donors (Lipinski definition) is 4. The number of hydroxylamine groups is 1. The van der Waals surface area contributed by atoms with E-state index in [0.29, 0.717) is 0 Å². The third-order valence-corrected chi connectivity index (χ3v) is 4.29. The highest BCUT2D eigenvalue weighted by Gasteiger charge is 2.06. The van der Waals surface area contributed by atoms with Crippen LogP contribution >= 0.6 is 15.9 Å². The molecule has 0 aliphatic heterocycles. The Hall–Kier alpha value is -2.27. The number of halogens is 1. The van der Waals surface area contributed by atoms with Crippen LogP contribution in [0, 0.1) is 6.92 Å². The zero-order valence-corrected chi connectivity index (χ0v) is 15.6. The first-order valence-electron chi connectivity index (χ1n) is 6.79. The zero-order chi connectivity index (χ0) is 18.9. The van der Waals surface area contributed by atoms with Crippen LogP contribution in [-0.2, 0) is 10.1 Å². The van der Waals surface area contributed by atoms with Crippen LogP contribution in [-0.4, -0.2) is 30.4 Å². The molecule has 2 rings (SSSR count). The van der Waals surface area contributed by atoms with Crippen molar-refractivity contribution in [3.8, 4) is 0 Å². The molecule has 25 heavy (non-hydrogen) atoms. The quantitative estimate of drug-likeness (QED) is 0.256. The van der Waals surface area contributed by atoms with Crippen LogP contribution in [0.2, 0.25) is 0 Å². The number of benzene rings is 2. The van der Waals surface area contributed by atoms with Crippen LogP contribution in [0.5, 0.6) is 0 Å². The summed E-state index contributed by atoms with van der Waals surface area (Å²) in [6.45, 7) is 1.84. The summed E-state index contributed by atoms with van der Waals surface area (Å²) >= 11 is 3.34. The summed E-state index contributed by atoms with van der Waals surface area (Å²) in [6, 6.07) is 13.5. The smallest absolute Gasteiger partial charge is 0.294 e. The largest absolute Gasteiger partial charge is 0.367 e. The van der Waals surface area contributed by atoms with Gasteiger partial charge in [0.25, 0.3) is 10.1 Å². The summed E-state index contributed by atoms with van der Waals surface area (Å²) in [5.41, 5.74) is 8.64. The molecule has 0 heterocycles. The molecule has 8 nitrogen and oxygen atoms in total. The predicted molar refractivity (Wildman–Crippen MR) is 99.3 cm³/mol. The van der Waals surface area contributed by atoms with E-state index >= 15 is 0 Å². The van der Waals surface area contributed by atoms with Gasteiger partial charge in [0.1, 0.15) is 0 Å². The van der Waals surface area contributed by atoms with Gasteiger partial charge in [0.15, 0.2) is 0 Å². The first-order valence-corrected chi connectivity index (χ1v) is 9.02. The van der Waals surface area contributed by atoms with Gasteiger partial charge in [-0.2, -0.15) is 13.5 Å². The van der Waals surface area contributed by atoms with Crippen molar-refractivity contribution in [3.05, 3.63) is 64.1 Å². The molecule has 0 aromatic heterocycles. The molecule has 0 radical (unpaired) electrons. The molecule has 0 unspecified atom stereocenters. The summed E-state index contributed by atoms with van der Waals surface area (Å²) in [5.74, 6) is -0.159. The second-order valence-corrected chi connectivity index (χ2v) is 6.93. The standard InChI is InChI=1S/C8H9BrN4O.C7H8O3S/c9-7-4-2-1-3-6(7)5-11-12-8(10)13-14;1-6-2-4-7(5-3-6)11(8,9)10/h1-5,14H,(H3,10,12,13);2-5H,1H3,(H,8,9,10)/b11-5+;. The van der Waals surface area contributed by atoms with E-state index in [0.717, 1.165) is 15.6 Å². The monoisotopic (exact) mass is 428 g/mol. The minimum atomic E-state index is -4.02. The highest BCUT2D eigenvalue weighted by atomic mass is 79.9. The number of nitrogens with two attached hydrogens (primary N) is 1. The van der Waals surface area contributed by atoms with Crippen molar-refractivity contribution in [1.29, 1.82) is 0 Å². The summed E-state index contributed by atoms with van der Waals surface area (Å²) in [4.78, 5) is -0.0666. The van der Waals surface area contributed by atoms with Gasteiger partial charge >= 0.3 is 0 Å². The molecule has 0 aliphatic rings. The maximum atomic E-state index is 10.5. The van der Waals surface area contributed by atoms with Crippen molar-refractivity contribution in [2.75, 3.05) is 0 Å². The van der Waals surface area contributed by atoms with E-state index in [1.807, 2.05) is 31.2 Å². The van der Waals surface area contributed by atoms with E-state index < -0.39 is 10.1 Å². The molecular formula is C15H17BrN4O4S. The fourth-order valence-electron chi connectivity index (χ4n) is 1.47. The number of aryl methyl sites for hydroxylation is 1. The number of nitrogens with one attached hydrogen (secondary N) is 1. The fourth-order valence-corrected chi connectivity index (χ4v) is 2.33. The SMILES string of the molecule is Cc1ccc(S(=O)(=O)O)cc1.NC(=N/N=C/c1ccccc1Br)NO. The minimum Gasteiger partial charge on any atom is -0.367 e. The van der Waals surface area contributed by atoms with Gasteiger partial charge < -0.3 is 5.73 Å². The molecule has 10 heteroatoms. The molecule has 5 N–H and O–H groups in total. The lowest BCUT2D eigenvalue weighted by atomic mass is 10.2.